The zero-order chi connectivity index (χ0) is 14.5. The van der Waals surface area contributed by atoms with Crippen molar-refractivity contribution in [2.45, 2.75) is 6.61 Å². The van der Waals surface area contributed by atoms with Gasteiger partial charge in [-0.2, -0.15) is 0 Å². The van der Waals surface area contributed by atoms with E-state index < -0.39 is 5.97 Å². The van der Waals surface area contributed by atoms with Gasteiger partial charge in [0.2, 0.25) is 0 Å². The van der Waals surface area contributed by atoms with Gasteiger partial charge >= 0.3 is 5.97 Å². The number of carboxylic acid groups (broad SMARTS) is 1. The molecule has 0 radical (unpaired) electrons. The van der Waals surface area contributed by atoms with E-state index in [-0.39, 0.29) is 5.56 Å². The highest BCUT2D eigenvalue weighted by Gasteiger charge is 2.10. The summed E-state index contributed by atoms with van der Waals surface area (Å²) in [6, 6.07) is 11.8. The van der Waals surface area contributed by atoms with Gasteiger partial charge in [0, 0.05) is 5.02 Å². The number of halogens is 1. The van der Waals surface area contributed by atoms with E-state index in [1.807, 2.05) is 12.1 Å². The molecule has 0 aliphatic rings. The second-order valence-electron chi connectivity index (χ2n) is 4.09. The number of aromatic carboxylic acids is 1. The Kier molecular flexibility index (Phi) is 4.48. The van der Waals surface area contributed by atoms with Crippen molar-refractivity contribution < 1.29 is 19.4 Å². The highest BCUT2D eigenvalue weighted by molar-refractivity contribution is 6.30. The summed E-state index contributed by atoms with van der Waals surface area (Å²) in [5.74, 6) is -0.144. The third-order valence-electron chi connectivity index (χ3n) is 2.69. The quantitative estimate of drug-likeness (QED) is 0.914. The van der Waals surface area contributed by atoms with E-state index in [0.29, 0.717) is 23.1 Å². The molecule has 0 amide bonds. The molecule has 20 heavy (non-hydrogen) atoms. The lowest BCUT2D eigenvalue weighted by atomic mass is 10.2. The molecule has 4 nitrogen and oxygen atoms in total. The van der Waals surface area contributed by atoms with Gasteiger partial charge in [-0.3, -0.25) is 0 Å². The minimum absolute atomic E-state index is 0.150. The molecule has 0 saturated carbocycles. The Morgan fingerprint density at radius 1 is 1.20 bits per heavy atom. The molecule has 0 atom stereocenters. The molecule has 104 valence electrons. The van der Waals surface area contributed by atoms with E-state index in [9.17, 15) is 4.79 Å². The van der Waals surface area contributed by atoms with Crippen LogP contribution in [-0.2, 0) is 6.61 Å². The number of carbonyl (C=O) groups is 1. The second-order valence-corrected chi connectivity index (χ2v) is 4.53. The molecule has 0 bridgehead atoms. The number of benzene rings is 2. The van der Waals surface area contributed by atoms with Crippen LogP contribution in [0.15, 0.2) is 42.5 Å². The summed E-state index contributed by atoms with van der Waals surface area (Å²) < 4.78 is 10.8. The zero-order valence-electron chi connectivity index (χ0n) is 10.8. The summed E-state index contributed by atoms with van der Waals surface area (Å²) in [5.41, 5.74) is 1.07. The van der Waals surface area contributed by atoms with Crippen LogP contribution in [-0.4, -0.2) is 18.2 Å². The summed E-state index contributed by atoms with van der Waals surface area (Å²) in [6.45, 7) is 0.323. The molecule has 2 aromatic rings. The first kappa shape index (κ1) is 14.2. The van der Waals surface area contributed by atoms with Crippen molar-refractivity contribution in [3.8, 4) is 11.5 Å². The SMILES string of the molecule is COc1cc(C(=O)O)ccc1OCc1cccc(Cl)c1. The van der Waals surface area contributed by atoms with E-state index >= 15 is 0 Å². The Balaban J connectivity index is 2.15. The molecular formula is C15H13ClO4. The molecular weight excluding hydrogens is 280 g/mol. The fraction of sp³-hybridized carbons (Fsp3) is 0.133. The van der Waals surface area contributed by atoms with Gasteiger partial charge in [-0.1, -0.05) is 23.7 Å². The van der Waals surface area contributed by atoms with Crippen molar-refractivity contribution in [2.24, 2.45) is 0 Å². The Labute approximate surface area is 121 Å². The third-order valence-corrected chi connectivity index (χ3v) is 2.93. The van der Waals surface area contributed by atoms with Crippen molar-refractivity contribution in [3.05, 3.63) is 58.6 Å². The van der Waals surface area contributed by atoms with Gasteiger partial charge in [-0.15, -0.1) is 0 Å². The Morgan fingerprint density at radius 3 is 2.65 bits per heavy atom. The van der Waals surface area contributed by atoms with Crippen LogP contribution in [0.4, 0.5) is 0 Å². The highest BCUT2D eigenvalue weighted by Crippen LogP contribution is 2.29. The van der Waals surface area contributed by atoms with E-state index in [2.05, 4.69) is 0 Å². The van der Waals surface area contributed by atoms with Crippen LogP contribution >= 0.6 is 11.6 Å². The number of methoxy groups -OCH3 is 1. The molecule has 0 aliphatic heterocycles. The minimum Gasteiger partial charge on any atom is -0.493 e. The molecule has 5 heteroatoms. The average molecular weight is 293 g/mol. The van der Waals surface area contributed by atoms with E-state index in [1.54, 1.807) is 18.2 Å². The van der Waals surface area contributed by atoms with Crippen molar-refractivity contribution >= 4 is 17.6 Å². The fourth-order valence-electron chi connectivity index (χ4n) is 1.71. The van der Waals surface area contributed by atoms with Crippen molar-refractivity contribution in [2.75, 3.05) is 7.11 Å². The van der Waals surface area contributed by atoms with Crippen LogP contribution in [0.25, 0.3) is 0 Å². The number of rotatable bonds is 5. The molecule has 0 saturated heterocycles. The molecule has 0 unspecified atom stereocenters. The zero-order valence-corrected chi connectivity index (χ0v) is 11.6. The van der Waals surface area contributed by atoms with E-state index in [4.69, 9.17) is 26.2 Å². The molecule has 0 aliphatic carbocycles. The molecule has 0 heterocycles. The average Bonchev–Trinajstić information content (AvgIpc) is 2.45. The standard InChI is InChI=1S/C15H13ClO4/c1-19-14-8-11(15(17)18)5-6-13(14)20-9-10-3-2-4-12(16)7-10/h2-8H,9H2,1H3,(H,17,18). The van der Waals surface area contributed by atoms with Gasteiger partial charge in [-0.25, -0.2) is 4.79 Å². The number of ether oxygens (including phenoxy) is 2. The highest BCUT2D eigenvalue weighted by atomic mass is 35.5. The van der Waals surface area contributed by atoms with Gasteiger partial charge < -0.3 is 14.6 Å². The lowest BCUT2D eigenvalue weighted by Crippen LogP contribution is -2.01. The van der Waals surface area contributed by atoms with Gasteiger partial charge in [0.15, 0.2) is 11.5 Å². The summed E-state index contributed by atoms with van der Waals surface area (Å²) in [7, 11) is 1.47. The Hall–Kier alpha value is -2.20. The first-order valence-corrected chi connectivity index (χ1v) is 6.26. The van der Waals surface area contributed by atoms with Gasteiger partial charge in [-0.05, 0) is 35.9 Å². The molecule has 2 rings (SSSR count). The van der Waals surface area contributed by atoms with Crippen LogP contribution in [0.3, 0.4) is 0 Å². The number of carboxylic acids is 1. The maximum absolute atomic E-state index is 10.9. The fourth-order valence-corrected chi connectivity index (χ4v) is 1.92. The van der Waals surface area contributed by atoms with Crippen molar-refractivity contribution in [3.63, 3.8) is 0 Å². The van der Waals surface area contributed by atoms with Gasteiger partial charge in [0.25, 0.3) is 0 Å². The van der Waals surface area contributed by atoms with Crippen LogP contribution in [0, 0.1) is 0 Å². The lowest BCUT2D eigenvalue weighted by molar-refractivity contribution is 0.0696. The summed E-state index contributed by atoms with van der Waals surface area (Å²) in [4.78, 5) is 10.9. The largest absolute Gasteiger partial charge is 0.493 e. The minimum atomic E-state index is -1.01. The number of hydrogen-bond acceptors (Lipinski definition) is 3. The Bertz CT molecular complexity index is 625. The monoisotopic (exact) mass is 292 g/mol. The summed E-state index contributed by atoms with van der Waals surface area (Å²) in [5, 5.41) is 9.56. The van der Waals surface area contributed by atoms with Crippen molar-refractivity contribution in [1.82, 2.24) is 0 Å². The van der Waals surface area contributed by atoms with Crippen LogP contribution in [0.5, 0.6) is 11.5 Å². The second kappa shape index (κ2) is 6.30. The topological polar surface area (TPSA) is 55.8 Å². The van der Waals surface area contributed by atoms with Crippen molar-refractivity contribution in [1.29, 1.82) is 0 Å². The normalized spacial score (nSPS) is 10.1. The maximum atomic E-state index is 10.9. The molecule has 1 N–H and O–H groups in total. The maximum Gasteiger partial charge on any atom is 0.335 e. The van der Waals surface area contributed by atoms with Crippen LogP contribution in [0.2, 0.25) is 5.02 Å². The van der Waals surface area contributed by atoms with Gasteiger partial charge in [0.1, 0.15) is 6.61 Å². The molecule has 2 aromatic carbocycles. The Morgan fingerprint density at radius 2 is 2.00 bits per heavy atom. The first-order valence-electron chi connectivity index (χ1n) is 5.88. The molecule has 0 aromatic heterocycles. The van der Waals surface area contributed by atoms with Gasteiger partial charge in [0.05, 0.1) is 12.7 Å². The van der Waals surface area contributed by atoms with Crippen LogP contribution < -0.4 is 9.47 Å². The smallest absolute Gasteiger partial charge is 0.335 e. The molecule has 0 spiro atoms. The lowest BCUT2D eigenvalue weighted by Gasteiger charge is -2.11. The summed E-state index contributed by atoms with van der Waals surface area (Å²) in [6.07, 6.45) is 0. The predicted octanol–water partition coefficient (Wildman–Crippen LogP) is 3.63. The third kappa shape index (κ3) is 3.42. The summed E-state index contributed by atoms with van der Waals surface area (Å²) >= 11 is 5.90. The predicted molar refractivity (Wildman–Crippen MR) is 75.7 cm³/mol. The van der Waals surface area contributed by atoms with E-state index in [0.717, 1.165) is 5.56 Å². The first-order chi connectivity index (χ1) is 9.60. The van der Waals surface area contributed by atoms with E-state index in [1.165, 1.54) is 19.2 Å². The number of hydrogen-bond donors (Lipinski definition) is 1. The molecule has 0 fully saturated rings. The van der Waals surface area contributed by atoms with Crippen LogP contribution in [0.1, 0.15) is 15.9 Å².